The Labute approximate surface area is 128 Å². The van der Waals surface area contributed by atoms with Gasteiger partial charge in [0.2, 0.25) is 0 Å². The molecule has 0 fully saturated rings. The first kappa shape index (κ1) is 14.0. The second-order valence-corrected chi connectivity index (χ2v) is 4.95. The fourth-order valence-corrected chi connectivity index (χ4v) is 2.12. The summed E-state index contributed by atoms with van der Waals surface area (Å²) in [6.45, 7) is 1.13. The summed E-state index contributed by atoms with van der Waals surface area (Å²) in [5, 5.41) is 7.11. The van der Waals surface area contributed by atoms with Crippen molar-refractivity contribution in [1.82, 2.24) is 20.1 Å². The minimum atomic E-state index is -0.129. The Balaban J connectivity index is 1.60. The number of hydrogen-bond acceptors (Lipinski definition) is 3. The number of nitrogens with zero attached hydrogens (tertiary/aromatic N) is 3. The van der Waals surface area contributed by atoms with Crippen LogP contribution in [-0.4, -0.2) is 20.7 Å². The monoisotopic (exact) mass is 292 g/mol. The predicted octanol–water partition coefficient (Wildman–Crippen LogP) is 2.26. The Bertz CT molecular complexity index is 738. The fraction of sp³-hybridized carbons (Fsp3) is 0.118. The molecule has 0 saturated heterocycles. The second-order valence-electron chi connectivity index (χ2n) is 4.95. The van der Waals surface area contributed by atoms with Crippen LogP contribution in [0, 0.1) is 0 Å². The molecule has 0 saturated carbocycles. The van der Waals surface area contributed by atoms with Crippen molar-refractivity contribution in [2.75, 3.05) is 0 Å². The van der Waals surface area contributed by atoms with Gasteiger partial charge >= 0.3 is 0 Å². The standard InChI is InChI=1S/C17H16N4O/c22-17(19-10-14-6-8-18-9-7-14)16-11-20-21(13-16)12-15-4-2-1-3-5-15/h1-9,11,13H,10,12H2,(H,19,22). The molecule has 0 atom stereocenters. The number of amides is 1. The lowest BCUT2D eigenvalue weighted by Crippen LogP contribution is -2.22. The molecule has 1 N–H and O–H groups in total. The maximum atomic E-state index is 12.1. The Hall–Kier alpha value is -2.95. The highest BCUT2D eigenvalue weighted by molar-refractivity contribution is 5.93. The number of nitrogens with one attached hydrogen (secondary N) is 1. The van der Waals surface area contributed by atoms with Gasteiger partial charge in [0.1, 0.15) is 0 Å². The summed E-state index contributed by atoms with van der Waals surface area (Å²) in [5.74, 6) is -0.129. The summed E-state index contributed by atoms with van der Waals surface area (Å²) >= 11 is 0. The van der Waals surface area contributed by atoms with E-state index in [1.54, 1.807) is 29.5 Å². The number of hydrogen-bond donors (Lipinski definition) is 1. The van der Waals surface area contributed by atoms with Crippen molar-refractivity contribution in [2.45, 2.75) is 13.1 Å². The average Bonchev–Trinajstić information content (AvgIpc) is 3.03. The molecule has 3 aromatic rings. The van der Waals surface area contributed by atoms with Gasteiger partial charge in [-0.1, -0.05) is 30.3 Å². The molecule has 5 nitrogen and oxygen atoms in total. The highest BCUT2D eigenvalue weighted by atomic mass is 16.1. The second kappa shape index (κ2) is 6.67. The van der Waals surface area contributed by atoms with E-state index in [2.05, 4.69) is 15.4 Å². The van der Waals surface area contributed by atoms with Crippen molar-refractivity contribution in [3.8, 4) is 0 Å². The van der Waals surface area contributed by atoms with Crippen molar-refractivity contribution >= 4 is 5.91 Å². The molecular formula is C17H16N4O. The van der Waals surface area contributed by atoms with Crippen LogP contribution < -0.4 is 5.32 Å². The molecule has 0 aliphatic rings. The first-order chi connectivity index (χ1) is 10.8. The molecule has 0 radical (unpaired) electrons. The highest BCUT2D eigenvalue weighted by Crippen LogP contribution is 2.04. The van der Waals surface area contributed by atoms with E-state index < -0.39 is 0 Å². The third-order valence-electron chi connectivity index (χ3n) is 3.29. The van der Waals surface area contributed by atoms with Crippen molar-refractivity contribution in [1.29, 1.82) is 0 Å². The molecular weight excluding hydrogens is 276 g/mol. The van der Waals surface area contributed by atoms with Crippen LogP contribution in [0.1, 0.15) is 21.5 Å². The zero-order valence-corrected chi connectivity index (χ0v) is 12.0. The summed E-state index contributed by atoms with van der Waals surface area (Å²) in [6, 6.07) is 13.8. The van der Waals surface area contributed by atoms with Gasteiger partial charge in [-0.05, 0) is 23.3 Å². The third-order valence-corrected chi connectivity index (χ3v) is 3.29. The quantitative estimate of drug-likeness (QED) is 0.784. The lowest BCUT2D eigenvalue weighted by molar-refractivity contribution is 0.0951. The molecule has 0 aliphatic carbocycles. The van der Waals surface area contributed by atoms with E-state index in [0.29, 0.717) is 18.7 Å². The van der Waals surface area contributed by atoms with E-state index in [1.807, 2.05) is 42.5 Å². The van der Waals surface area contributed by atoms with Gasteiger partial charge in [0, 0.05) is 25.1 Å². The molecule has 0 spiro atoms. The van der Waals surface area contributed by atoms with Crippen molar-refractivity contribution in [3.05, 3.63) is 83.9 Å². The summed E-state index contributed by atoms with van der Waals surface area (Å²) in [4.78, 5) is 16.1. The molecule has 110 valence electrons. The molecule has 22 heavy (non-hydrogen) atoms. The number of carbonyl (C=O) groups is 1. The van der Waals surface area contributed by atoms with Crippen LogP contribution in [0.15, 0.2) is 67.3 Å². The molecule has 0 aliphatic heterocycles. The van der Waals surface area contributed by atoms with Crippen LogP contribution in [0.3, 0.4) is 0 Å². The van der Waals surface area contributed by atoms with Crippen LogP contribution >= 0.6 is 0 Å². The fourth-order valence-electron chi connectivity index (χ4n) is 2.12. The van der Waals surface area contributed by atoms with E-state index in [-0.39, 0.29) is 5.91 Å². The largest absolute Gasteiger partial charge is 0.348 e. The van der Waals surface area contributed by atoms with Crippen LogP contribution in [0.5, 0.6) is 0 Å². The lowest BCUT2D eigenvalue weighted by atomic mass is 10.2. The van der Waals surface area contributed by atoms with E-state index in [9.17, 15) is 4.79 Å². The van der Waals surface area contributed by atoms with Crippen molar-refractivity contribution in [3.63, 3.8) is 0 Å². The SMILES string of the molecule is O=C(NCc1ccncc1)c1cnn(Cc2ccccc2)c1. The Morgan fingerprint density at radius 3 is 2.59 bits per heavy atom. The Morgan fingerprint density at radius 2 is 1.82 bits per heavy atom. The van der Waals surface area contributed by atoms with Gasteiger partial charge in [-0.2, -0.15) is 5.10 Å². The van der Waals surface area contributed by atoms with Crippen molar-refractivity contribution < 1.29 is 4.79 Å². The van der Waals surface area contributed by atoms with Gasteiger partial charge in [-0.15, -0.1) is 0 Å². The first-order valence-electron chi connectivity index (χ1n) is 7.05. The summed E-state index contributed by atoms with van der Waals surface area (Å²) in [7, 11) is 0. The lowest BCUT2D eigenvalue weighted by Gasteiger charge is -2.03. The number of carbonyl (C=O) groups excluding carboxylic acids is 1. The third kappa shape index (κ3) is 3.58. The number of aromatic nitrogens is 3. The molecule has 5 heteroatoms. The van der Waals surface area contributed by atoms with E-state index in [4.69, 9.17) is 0 Å². The van der Waals surface area contributed by atoms with Gasteiger partial charge in [0.25, 0.3) is 5.91 Å². The van der Waals surface area contributed by atoms with E-state index >= 15 is 0 Å². The first-order valence-corrected chi connectivity index (χ1v) is 7.05. The van der Waals surface area contributed by atoms with E-state index in [0.717, 1.165) is 11.1 Å². The molecule has 1 aromatic carbocycles. The molecule has 0 unspecified atom stereocenters. The molecule has 1 amide bonds. The topological polar surface area (TPSA) is 59.8 Å². The van der Waals surface area contributed by atoms with Crippen LogP contribution in [0.2, 0.25) is 0 Å². The molecule has 2 heterocycles. The van der Waals surface area contributed by atoms with Gasteiger partial charge in [-0.25, -0.2) is 0 Å². The van der Waals surface area contributed by atoms with Crippen LogP contribution in [0.4, 0.5) is 0 Å². The van der Waals surface area contributed by atoms with Crippen LogP contribution in [0.25, 0.3) is 0 Å². The van der Waals surface area contributed by atoms with E-state index in [1.165, 1.54) is 0 Å². The Kier molecular flexibility index (Phi) is 4.25. The van der Waals surface area contributed by atoms with Crippen LogP contribution in [-0.2, 0) is 13.1 Å². The smallest absolute Gasteiger partial charge is 0.254 e. The van der Waals surface area contributed by atoms with Gasteiger partial charge in [0.15, 0.2) is 0 Å². The highest BCUT2D eigenvalue weighted by Gasteiger charge is 2.08. The Morgan fingerprint density at radius 1 is 1.05 bits per heavy atom. The molecule has 3 rings (SSSR count). The molecule has 0 bridgehead atoms. The zero-order chi connectivity index (χ0) is 15.2. The summed E-state index contributed by atoms with van der Waals surface area (Å²) in [5.41, 5.74) is 2.72. The number of rotatable bonds is 5. The predicted molar refractivity (Wildman–Crippen MR) is 83.2 cm³/mol. The minimum Gasteiger partial charge on any atom is -0.348 e. The minimum absolute atomic E-state index is 0.129. The number of benzene rings is 1. The van der Waals surface area contributed by atoms with Gasteiger partial charge in [-0.3, -0.25) is 14.5 Å². The van der Waals surface area contributed by atoms with Gasteiger partial charge in [0.05, 0.1) is 18.3 Å². The molecule has 2 aromatic heterocycles. The normalized spacial score (nSPS) is 10.4. The summed E-state index contributed by atoms with van der Waals surface area (Å²) < 4.78 is 1.76. The zero-order valence-electron chi connectivity index (χ0n) is 12.0. The maximum absolute atomic E-state index is 12.1. The number of pyridine rings is 1. The maximum Gasteiger partial charge on any atom is 0.254 e. The van der Waals surface area contributed by atoms with Crippen molar-refractivity contribution in [2.24, 2.45) is 0 Å². The van der Waals surface area contributed by atoms with Gasteiger partial charge < -0.3 is 5.32 Å². The average molecular weight is 292 g/mol. The summed E-state index contributed by atoms with van der Waals surface area (Å²) in [6.07, 6.45) is 6.76.